The van der Waals surface area contributed by atoms with Crippen molar-refractivity contribution < 1.29 is 51.0 Å². The number of carbonyl (C=O) groups is 1. The zero-order valence-corrected chi connectivity index (χ0v) is 43.5. The number of nitrogens with zero attached hydrogens (tertiary/aromatic N) is 5. The zero-order chi connectivity index (χ0) is 50.7. The Kier molecular flexibility index (Phi) is 14.0. The van der Waals surface area contributed by atoms with Crippen LogP contribution in [0.1, 0.15) is 106 Å². The van der Waals surface area contributed by atoms with Gasteiger partial charge in [-0.2, -0.15) is 18.7 Å². The highest BCUT2D eigenvalue weighted by atomic mass is 28.3. The van der Waals surface area contributed by atoms with Crippen LogP contribution in [0, 0.1) is 28.5 Å². The van der Waals surface area contributed by atoms with E-state index in [0.717, 1.165) is 25.7 Å². The van der Waals surface area contributed by atoms with Crippen LogP contribution in [0.3, 0.4) is 0 Å². The van der Waals surface area contributed by atoms with Crippen LogP contribution in [0.25, 0.3) is 32.8 Å². The van der Waals surface area contributed by atoms with E-state index in [1.165, 1.54) is 13.2 Å². The fraction of sp³-hybridized carbons (Fsp3) is 0.566. The first-order chi connectivity index (χ1) is 33.7. The third kappa shape index (κ3) is 9.71. The molecule has 4 aromatic rings. The molecule has 1 amide bonds. The lowest BCUT2D eigenvalue weighted by Crippen LogP contribution is -2.57. The van der Waals surface area contributed by atoms with E-state index in [0.29, 0.717) is 67.9 Å². The largest absolute Gasteiger partial charge is 0.468 e. The number of fused-ring (bicyclic) bond motifs is 6. The third-order valence-electron chi connectivity index (χ3n) is 15.3. The molecule has 382 valence electrons. The maximum Gasteiger partial charge on any atom is 0.410 e. The first kappa shape index (κ1) is 50.6. The first-order valence-corrected chi connectivity index (χ1v) is 27.2. The lowest BCUT2D eigenvalue weighted by atomic mass is 9.92. The maximum atomic E-state index is 18.5. The Morgan fingerprint density at radius 2 is 1.59 bits per heavy atom. The number of methoxy groups -OCH3 is 1. The number of amides is 1. The molecule has 13 nitrogen and oxygen atoms in total. The average Bonchev–Trinajstić information content (AvgIpc) is 3.80. The van der Waals surface area contributed by atoms with Crippen molar-refractivity contribution in [2.75, 3.05) is 58.1 Å². The van der Waals surface area contributed by atoms with E-state index in [9.17, 15) is 13.6 Å². The molecule has 0 unspecified atom stereocenters. The van der Waals surface area contributed by atoms with Crippen LogP contribution in [0.4, 0.5) is 28.2 Å². The van der Waals surface area contributed by atoms with E-state index in [4.69, 9.17) is 38.6 Å². The van der Waals surface area contributed by atoms with Gasteiger partial charge in [-0.1, -0.05) is 53.5 Å². The molecular weight excluding hydrogens is 937 g/mol. The SMILES string of the molecule is COCOc1cc(-c2c3c(c4c(N5C[C@H]6CC[C@@H](C5)N6C(=O)OC(C)(C)C)nc(OCC5(CN6CCC(=C(F)F)CC6)CC5)nc4c2F)ONO3)c2c(C#C[Si](C(C)C)(C(C)C)C(C)C)c(F)ccc2c1. The number of anilines is 1. The highest BCUT2D eigenvalue weighted by Crippen LogP contribution is 2.54. The van der Waals surface area contributed by atoms with Gasteiger partial charge in [-0.05, 0) is 105 Å². The highest BCUT2D eigenvalue weighted by molar-refractivity contribution is 6.90. The number of carbonyl (C=O) groups excluding carboxylic acids is 1. The Bertz CT molecular complexity index is 2770. The van der Waals surface area contributed by atoms with Crippen molar-refractivity contribution in [1.82, 2.24) is 25.4 Å². The van der Waals surface area contributed by atoms with Gasteiger partial charge >= 0.3 is 12.1 Å². The van der Waals surface area contributed by atoms with E-state index < -0.39 is 31.4 Å². The summed E-state index contributed by atoms with van der Waals surface area (Å²) in [4.78, 5) is 41.5. The predicted octanol–water partition coefficient (Wildman–Crippen LogP) is 11.5. The van der Waals surface area contributed by atoms with Gasteiger partial charge in [0.2, 0.25) is 11.5 Å². The van der Waals surface area contributed by atoms with Gasteiger partial charge in [-0.3, -0.25) is 4.90 Å². The summed E-state index contributed by atoms with van der Waals surface area (Å²) in [6.45, 7) is 21.1. The van der Waals surface area contributed by atoms with Gasteiger partial charge < -0.3 is 38.4 Å². The number of likely N-dealkylation sites (tertiary alicyclic amines) is 1. The standard InChI is InChI=1S/C53H66F4N6O7Si/c1-30(2)71(31(3)4,32(5)6)22-17-38-40(54)14-11-34-23-37(67-29-65-10)24-39(41(34)38)42-44(55)45-43(47-46(42)69-60-70-47)49(62-25-35-12-13-36(26-62)63(35)51(64)68-52(7,8)9)59-50(58-45)66-28-53(18-19-53)27-61-20-15-33(16-21-61)48(56)57/h11,14,23-24,30-32,35-36,60H,12-13,15-16,18-21,25-29H2,1-10H3/t35-,36+. The van der Waals surface area contributed by atoms with E-state index in [1.54, 1.807) is 18.2 Å². The number of ether oxygens (including phenoxy) is 4. The molecule has 3 saturated heterocycles. The van der Waals surface area contributed by atoms with Gasteiger partial charge in [0.05, 0.1) is 35.2 Å². The van der Waals surface area contributed by atoms with Crippen molar-refractivity contribution in [2.45, 2.75) is 135 Å². The van der Waals surface area contributed by atoms with Crippen molar-refractivity contribution in [2.24, 2.45) is 5.41 Å². The lowest BCUT2D eigenvalue weighted by Gasteiger charge is -2.42. The summed E-state index contributed by atoms with van der Waals surface area (Å²) < 4.78 is 85.6. The summed E-state index contributed by atoms with van der Waals surface area (Å²) >= 11 is 0. The smallest absolute Gasteiger partial charge is 0.410 e. The molecule has 0 spiro atoms. The van der Waals surface area contributed by atoms with Crippen molar-refractivity contribution in [3.05, 3.63) is 53.1 Å². The van der Waals surface area contributed by atoms with Crippen molar-refractivity contribution >= 4 is 41.7 Å². The topological polar surface area (TPSA) is 120 Å². The molecule has 1 aromatic heterocycles. The number of halogens is 4. The Morgan fingerprint density at radius 3 is 2.20 bits per heavy atom. The Labute approximate surface area is 414 Å². The number of piperazine rings is 1. The van der Waals surface area contributed by atoms with Crippen LogP contribution < -0.4 is 29.7 Å². The molecule has 4 aliphatic heterocycles. The van der Waals surface area contributed by atoms with Crippen molar-refractivity contribution in [1.29, 1.82) is 0 Å². The number of hydrogen-bond acceptors (Lipinski definition) is 12. The Balaban J connectivity index is 1.21. The fourth-order valence-corrected chi connectivity index (χ4v) is 16.9. The number of rotatable bonds is 13. The second-order valence-corrected chi connectivity index (χ2v) is 27.6. The normalized spacial score (nSPS) is 19.8. The first-order valence-electron chi connectivity index (χ1n) is 25.0. The van der Waals surface area contributed by atoms with Crippen LogP contribution >= 0.6 is 0 Å². The molecule has 18 heteroatoms. The minimum absolute atomic E-state index is 0.0170. The molecule has 1 aliphatic carbocycles. The molecule has 3 aromatic carbocycles. The summed E-state index contributed by atoms with van der Waals surface area (Å²) in [5.41, 5.74) is 6.36. The van der Waals surface area contributed by atoms with Gasteiger partial charge in [0.15, 0.2) is 12.6 Å². The molecule has 9 rings (SSSR count). The number of hydrogen-bond donors (Lipinski definition) is 1. The van der Waals surface area contributed by atoms with Gasteiger partial charge in [0.25, 0.3) is 6.08 Å². The molecule has 2 bridgehead atoms. The molecular formula is C53H66F4N6O7Si. The highest BCUT2D eigenvalue weighted by Gasteiger charge is 2.48. The molecule has 5 heterocycles. The summed E-state index contributed by atoms with van der Waals surface area (Å²) in [6.07, 6.45) is 1.83. The average molecular weight is 1000 g/mol. The summed E-state index contributed by atoms with van der Waals surface area (Å²) in [5.74, 6) is 2.71. The van der Waals surface area contributed by atoms with Crippen LogP contribution in [0.2, 0.25) is 16.6 Å². The van der Waals surface area contributed by atoms with E-state index in [-0.39, 0.29) is 104 Å². The van der Waals surface area contributed by atoms with Gasteiger partial charge in [0, 0.05) is 61.8 Å². The molecule has 1 N–H and O–H groups in total. The van der Waals surface area contributed by atoms with E-state index in [2.05, 4.69) is 63.5 Å². The third-order valence-corrected chi connectivity index (χ3v) is 21.6. The van der Waals surface area contributed by atoms with E-state index >= 15 is 8.78 Å². The maximum absolute atomic E-state index is 18.5. The molecule has 71 heavy (non-hydrogen) atoms. The van der Waals surface area contributed by atoms with Gasteiger partial charge in [-0.15, -0.1) is 5.54 Å². The van der Waals surface area contributed by atoms with Crippen LogP contribution in [0.15, 0.2) is 35.9 Å². The number of nitrogens with one attached hydrogen (secondary N) is 1. The lowest BCUT2D eigenvalue weighted by molar-refractivity contribution is 0.0122. The minimum Gasteiger partial charge on any atom is -0.468 e. The van der Waals surface area contributed by atoms with Crippen molar-refractivity contribution in [3.8, 4) is 45.9 Å². The number of benzene rings is 3. The number of piperidine rings is 1. The van der Waals surface area contributed by atoms with Crippen LogP contribution in [-0.2, 0) is 9.47 Å². The molecule has 1 saturated carbocycles. The minimum atomic E-state index is -2.40. The second kappa shape index (κ2) is 19.6. The summed E-state index contributed by atoms with van der Waals surface area (Å²) in [5, 5.41) is 1.11. The summed E-state index contributed by atoms with van der Waals surface area (Å²) in [6, 6.07) is 5.83. The predicted molar refractivity (Wildman–Crippen MR) is 266 cm³/mol. The summed E-state index contributed by atoms with van der Waals surface area (Å²) in [7, 11) is -0.903. The number of aromatic nitrogens is 2. The second-order valence-electron chi connectivity index (χ2n) is 22.0. The monoisotopic (exact) mass is 1000 g/mol. The molecule has 4 fully saturated rings. The zero-order valence-electron chi connectivity index (χ0n) is 42.5. The fourth-order valence-electron chi connectivity index (χ4n) is 11.7. The molecule has 5 aliphatic rings. The van der Waals surface area contributed by atoms with Crippen LogP contribution in [0.5, 0.6) is 23.3 Å². The Hall–Kier alpha value is -5.35. The molecule has 2 atom stereocenters. The van der Waals surface area contributed by atoms with Crippen LogP contribution in [-0.4, -0.2) is 105 Å². The quantitative estimate of drug-likeness (QED) is 0.0594. The van der Waals surface area contributed by atoms with E-state index in [1.807, 2.05) is 30.6 Å². The Morgan fingerprint density at radius 1 is 0.930 bits per heavy atom. The van der Waals surface area contributed by atoms with Crippen molar-refractivity contribution in [3.63, 3.8) is 0 Å². The van der Waals surface area contributed by atoms with Gasteiger partial charge in [0.1, 0.15) is 36.6 Å². The van der Waals surface area contributed by atoms with Gasteiger partial charge in [-0.25, -0.2) is 13.6 Å². The molecule has 0 radical (unpaired) electrons.